The van der Waals surface area contributed by atoms with Gasteiger partial charge in [-0.1, -0.05) is 6.07 Å². The molecular formula is C25H30N4O3S. The SMILES string of the molecule is COCCn1c(C)cc(C2C(c3ccccn3)NC(=S)N2c2ccc(OC)cc2OC)c1C. The van der Waals surface area contributed by atoms with Crippen molar-refractivity contribution in [3.8, 4) is 11.5 Å². The number of hydrogen-bond acceptors (Lipinski definition) is 5. The second kappa shape index (κ2) is 9.80. The number of nitrogens with one attached hydrogen (secondary N) is 1. The van der Waals surface area contributed by atoms with Crippen molar-refractivity contribution >= 4 is 23.0 Å². The van der Waals surface area contributed by atoms with Crippen LogP contribution in [0, 0.1) is 13.8 Å². The van der Waals surface area contributed by atoms with Crippen molar-refractivity contribution in [1.29, 1.82) is 0 Å². The molecule has 2 unspecified atom stereocenters. The van der Waals surface area contributed by atoms with Crippen LogP contribution in [0.2, 0.25) is 0 Å². The molecule has 1 aliphatic heterocycles. The minimum absolute atomic E-state index is 0.114. The van der Waals surface area contributed by atoms with Gasteiger partial charge in [0.1, 0.15) is 11.5 Å². The number of rotatable bonds is 8. The first-order chi connectivity index (χ1) is 16.0. The molecule has 2 atom stereocenters. The fourth-order valence-electron chi connectivity index (χ4n) is 4.57. The van der Waals surface area contributed by atoms with E-state index in [9.17, 15) is 0 Å². The number of aryl methyl sites for hydroxylation is 1. The molecule has 174 valence electrons. The van der Waals surface area contributed by atoms with E-state index >= 15 is 0 Å². The highest BCUT2D eigenvalue weighted by molar-refractivity contribution is 7.80. The zero-order valence-corrected chi connectivity index (χ0v) is 20.5. The van der Waals surface area contributed by atoms with Gasteiger partial charge in [-0.15, -0.1) is 0 Å². The number of ether oxygens (including phenoxy) is 3. The highest BCUT2D eigenvalue weighted by atomic mass is 32.1. The van der Waals surface area contributed by atoms with Gasteiger partial charge in [0.05, 0.1) is 44.3 Å². The Morgan fingerprint density at radius 2 is 1.88 bits per heavy atom. The number of thiocarbonyl (C=S) groups is 1. The molecule has 0 bridgehead atoms. The summed E-state index contributed by atoms with van der Waals surface area (Å²) in [6.07, 6.45) is 1.82. The van der Waals surface area contributed by atoms with Crippen molar-refractivity contribution in [1.82, 2.24) is 14.9 Å². The quantitative estimate of drug-likeness (QED) is 0.496. The molecule has 0 saturated carbocycles. The van der Waals surface area contributed by atoms with Gasteiger partial charge in [-0.2, -0.15) is 0 Å². The van der Waals surface area contributed by atoms with Crippen LogP contribution in [0.4, 0.5) is 5.69 Å². The van der Waals surface area contributed by atoms with Crippen LogP contribution in [0.1, 0.15) is 34.7 Å². The van der Waals surface area contributed by atoms with Gasteiger partial charge in [0, 0.05) is 37.3 Å². The third-order valence-corrected chi connectivity index (χ3v) is 6.51. The molecule has 1 aromatic carbocycles. The van der Waals surface area contributed by atoms with E-state index in [1.165, 1.54) is 17.0 Å². The lowest BCUT2D eigenvalue weighted by atomic mass is 9.96. The van der Waals surface area contributed by atoms with E-state index in [-0.39, 0.29) is 12.1 Å². The second-order valence-corrected chi connectivity index (χ2v) is 8.39. The monoisotopic (exact) mass is 466 g/mol. The summed E-state index contributed by atoms with van der Waals surface area (Å²) in [5.41, 5.74) is 5.35. The fraction of sp³-hybridized carbons (Fsp3) is 0.360. The number of benzene rings is 1. The summed E-state index contributed by atoms with van der Waals surface area (Å²) in [6, 6.07) is 13.8. The van der Waals surface area contributed by atoms with Crippen molar-refractivity contribution in [3.05, 3.63) is 71.3 Å². The topological polar surface area (TPSA) is 60.8 Å². The Bertz CT molecular complexity index is 1130. The van der Waals surface area contributed by atoms with Crippen LogP contribution < -0.4 is 19.7 Å². The standard InChI is InChI=1S/C25H30N4O3S/c1-16-14-19(17(2)28(16)12-13-30-3)24-23(20-8-6-7-11-26-20)27-25(33)29(24)21-10-9-18(31-4)15-22(21)32-5/h6-11,14-15,23-24H,12-13H2,1-5H3,(H,27,33). The molecule has 1 aliphatic rings. The van der Waals surface area contributed by atoms with Crippen LogP contribution in [0.25, 0.3) is 0 Å². The minimum Gasteiger partial charge on any atom is -0.497 e. The smallest absolute Gasteiger partial charge is 0.174 e. The second-order valence-electron chi connectivity index (χ2n) is 8.01. The first-order valence-electron chi connectivity index (χ1n) is 10.9. The van der Waals surface area contributed by atoms with Crippen molar-refractivity contribution in [3.63, 3.8) is 0 Å². The van der Waals surface area contributed by atoms with Gasteiger partial charge < -0.3 is 29.0 Å². The normalized spacial score (nSPS) is 17.8. The Morgan fingerprint density at radius 3 is 2.55 bits per heavy atom. The minimum atomic E-state index is -0.123. The van der Waals surface area contributed by atoms with Gasteiger partial charge in [-0.05, 0) is 62.0 Å². The molecule has 4 rings (SSSR count). The number of methoxy groups -OCH3 is 3. The molecule has 1 fully saturated rings. The maximum atomic E-state index is 5.87. The Morgan fingerprint density at radius 1 is 1.06 bits per heavy atom. The zero-order chi connectivity index (χ0) is 23.5. The molecule has 0 aliphatic carbocycles. The highest BCUT2D eigenvalue weighted by Gasteiger charge is 2.43. The van der Waals surface area contributed by atoms with E-state index in [1.807, 2.05) is 42.6 Å². The summed E-state index contributed by atoms with van der Waals surface area (Å²) in [5, 5.41) is 4.15. The third kappa shape index (κ3) is 4.28. The van der Waals surface area contributed by atoms with Gasteiger partial charge in [0.25, 0.3) is 0 Å². The van der Waals surface area contributed by atoms with Gasteiger partial charge in [0.15, 0.2) is 5.11 Å². The molecule has 2 aromatic heterocycles. The summed E-state index contributed by atoms with van der Waals surface area (Å²) in [7, 11) is 5.03. The fourth-order valence-corrected chi connectivity index (χ4v) is 4.91. The maximum absolute atomic E-state index is 5.87. The molecule has 3 aromatic rings. The molecule has 33 heavy (non-hydrogen) atoms. The number of anilines is 1. The van der Waals surface area contributed by atoms with Gasteiger partial charge >= 0.3 is 0 Å². The van der Waals surface area contributed by atoms with Gasteiger partial charge in [-0.3, -0.25) is 4.98 Å². The summed E-state index contributed by atoms with van der Waals surface area (Å²) in [6.45, 7) is 5.72. The van der Waals surface area contributed by atoms with Crippen molar-refractivity contribution in [2.45, 2.75) is 32.5 Å². The van der Waals surface area contributed by atoms with Crippen LogP contribution in [0.3, 0.4) is 0 Å². The molecule has 1 N–H and O–H groups in total. The summed E-state index contributed by atoms with van der Waals surface area (Å²) >= 11 is 5.87. The largest absolute Gasteiger partial charge is 0.497 e. The predicted octanol–water partition coefficient (Wildman–Crippen LogP) is 4.34. The Balaban J connectivity index is 1.87. The summed E-state index contributed by atoms with van der Waals surface area (Å²) in [4.78, 5) is 6.78. The summed E-state index contributed by atoms with van der Waals surface area (Å²) < 4.78 is 18.8. The Kier molecular flexibility index (Phi) is 6.85. The van der Waals surface area contributed by atoms with E-state index in [1.54, 1.807) is 21.3 Å². The lowest BCUT2D eigenvalue weighted by Gasteiger charge is -2.29. The van der Waals surface area contributed by atoms with Crippen molar-refractivity contribution in [2.24, 2.45) is 0 Å². The first-order valence-corrected chi connectivity index (χ1v) is 11.3. The van der Waals surface area contributed by atoms with Crippen LogP contribution >= 0.6 is 12.2 Å². The van der Waals surface area contributed by atoms with E-state index in [0.717, 1.165) is 23.7 Å². The molecule has 0 spiro atoms. The average molecular weight is 467 g/mol. The van der Waals surface area contributed by atoms with E-state index in [0.29, 0.717) is 17.5 Å². The van der Waals surface area contributed by atoms with E-state index < -0.39 is 0 Å². The Hall–Kier alpha value is -3.10. The van der Waals surface area contributed by atoms with Crippen LogP contribution in [-0.2, 0) is 11.3 Å². The number of nitrogens with zero attached hydrogens (tertiary/aromatic N) is 3. The molecule has 7 nitrogen and oxygen atoms in total. The number of aromatic nitrogens is 2. The summed E-state index contributed by atoms with van der Waals surface area (Å²) in [5.74, 6) is 1.42. The Labute approximate surface area is 200 Å². The number of hydrogen-bond donors (Lipinski definition) is 1. The molecular weight excluding hydrogens is 436 g/mol. The molecule has 0 amide bonds. The average Bonchev–Trinajstić information content (AvgIpc) is 3.32. The molecule has 0 radical (unpaired) electrons. The molecule has 1 saturated heterocycles. The van der Waals surface area contributed by atoms with Gasteiger partial charge in [0.2, 0.25) is 0 Å². The predicted molar refractivity (Wildman–Crippen MR) is 133 cm³/mol. The van der Waals surface area contributed by atoms with Crippen LogP contribution in [0.15, 0.2) is 48.7 Å². The molecule has 8 heteroatoms. The molecule has 3 heterocycles. The highest BCUT2D eigenvalue weighted by Crippen LogP contribution is 2.46. The maximum Gasteiger partial charge on any atom is 0.174 e. The van der Waals surface area contributed by atoms with Crippen molar-refractivity contribution in [2.75, 3.05) is 32.8 Å². The van der Waals surface area contributed by atoms with Gasteiger partial charge in [-0.25, -0.2) is 0 Å². The zero-order valence-electron chi connectivity index (χ0n) is 19.7. The van der Waals surface area contributed by atoms with Crippen molar-refractivity contribution < 1.29 is 14.2 Å². The first kappa shape index (κ1) is 23.1. The van der Waals surface area contributed by atoms with Crippen LogP contribution in [-0.4, -0.2) is 42.6 Å². The van der Waals surface area contributed by atoms with Crippen LogP contribution in [0.5, 0.6) is 11.5 Å². The van der Waals surface area contributed by atoms with E-state index in [4.69, 9.17) is 26.4 Å². The van der Waals surface area contributed by atoms with E-state index in [2.05, 4.69) is 39.7 Å². The number of pyridine rings is 1. The lowest BCUT2D eigenvalue weighted by Crippen LogP contribution is -2.30. The lowest BCUT2D eigenvalue weighted by molar-refractivity contribution is 0.186. The third-order valence-electron chi connectivity index (χ3n) is 6.19.